The van der Waals surface area contributed by atoms with Gasteiger partial charge in [-0.05, 0) is 41.3 Å². The Morgan fingerprint density at radius 1 is 1.33 bits per heavy atom. The quantitative estimate of drug-likeness (QED) is 0.843. The molecule has 1 nitrogen and oxygen atoms in total. The molecular formula is C13H15F3OS. The summed E-state index contributed by atoms with van der Waals surface area (Å²) in [6, 6.07) is 6.41. The first-order valence-electron chi connectivity index (χ1n) is 5.67. The molecule has 0 aromatic heterocycles. The van der Waals surface area contributed by atoms with E-state index in [0.29, 0.717) is 0 Å². The molecule has 1 unspecified atom stereocenters. The van der Waals surface area contributed by atoms with E-state index in [1.807, 2.05) is 13.8 Å². The third-order valence-corrected chi connectivity index (χ3v) is 4.53. The van der Waals surface area contributed by atoms with Crippen LogP contribution in [0, 0.1) is 5.41 Å². The van der Waals surface area contributed by atoms with Crippen molar-refractivity contribution in [1.29, 1.82) is 0 Å². The minimum absolute atomic E-state index is 0.0276. The van der Waals surface area contributed by atoms with Crippen LogP contribution in [0.4, 0.5) is 13.2 Å². The largest absolute Gasteiger partial charge is 0.446 e. The molecule has 0 aliphatic heterocycles. The highest BCUT2D eigenvalue weighted by molar-refractivity contribution is 8.00. The first kappa shape index (κ1) is 13.7. The van der Waals surface area contributed by atoms with E-state index in [9.17, 15) is 18.3 Å². The molecule has 5 heteroatoms. The summed E-state index contributed by atoms with van der Waals surface area (Å²) >= 11 is -0.112. The molecule has 2 rings (SSSR count). The molecule has 1 aromatic rings. The van der Waals surface area contributed by atoms with E-state index in [1.165, 1.54) is 6.07 Å². The number of rotatable bonds is 3. The molecule has 0 radical (unpaired) electrons. The van der Waals surface area contributed by atoms with Crippen molar-refractivity contribution in [3.05, 3.63) is 29.8 Å². The highest BCUT2D eigenvalue weighted by Gasteiger charge is 2.61. The molecule has 1 aliphatic carbocycles. The molecule has 0 bridgehead atoms. The monoisotopic (exact) mass is 276 g/mol. The summed E-state index contributed by atoms with van der Waals surface area (Å²) in [4.78, 5) is 0.176. The van der Waals surface area contributed by atoms with Gasteiger partial charge in [0.2, 0.25) is 0 Å². The van der Waals surface area contributed by atoms with E-state index < -0.39 is 5.51 Å². The highest BCUT2D eigenvalue weighted by Crippen LogP contribution is 2.64. The Balaban J connectivity index is 2.29. The zero-order chi connectivity index (χ0) is 13.6. The fraction of sp³-hybridized carbons (Fsp3) is 0.538. The summed E-state index contributed by atoms with van der Waals surface area (Å²) in [5, 5.41) is 9.54. The van der Waals surface area contributed by atoms with Crippen LogP contribution < -0.4 is 0 Å². The van der Waals surface area contributed by atoms with Gasteiger partial charge in [-0.15, -0.1) is 0 Å². The second-order valence-corrected chi connectivity index (χ2v) is 6.51. The lowest BCUT2D eigenvalue weighted by molar-refractivity contribution is -0.0328. The molecule has 100 valence electrons. The zero-order valence-corrected chi connectivity index (χ0v) is 11.0. The molecule has 0 spiro atoms. The number of aliphatic hydroxyl groups excluding tert-OH is 1. The van der Waals surface area contributed by atoms with Gasteiger partial charge in [0.05, 0.1) is 6.61 Å². The summed E-state index contributed by atoms with van der Waals surface area (Å²) in [5.74, 6) is 0. The van der Waals surface area contributed by atoms with Crippen molar-refractivity contribution in [3.8, 4) is 0 Å². The molecule has 0 saturated heterocycles. The van der Waals surface area contributed by atoms with Gasteiger partial charge in [-0.3, -0.25) is 0 Å². The van der Waals surface area contributed by atoms with Gasteiger partial charge in [0.15, 0.2) is 0 Å². The number of benzene rings is 1. The van der Waals surface area contributed by atoms with Gasteiger partial charge in [-0.1, -0.05) is 26.0 Å². The van der Waals surface area contributed by atoms with Gasteiger partial charge < -0.3 is 5.11 Å². The fourth-order valence-electron chi connectivity index (χ4n) is 2.56. The SMILES string of the molecule is CC1(C)CC1(CO)c1cccc(SC(F)(F)F)c1. The van der Waals surface area contributed by atoms with Crippen LogP contribution in [0.5, 0.6) is 0 Å². The molecule has 0 heterocycles. The van der Waals surface area contributed by atoms with Crippen LogP contribution in [0.3, 0.4) is 0 Å². The number of hydrogen-bond acceptors (Lipinski definition) is 2. The maximum Gasteiger partial charge on any atom is 0.446 e. The van der Waals surface area contributed by atoms with Crippen molar-refractivity contribution >= 4 is 11.8 Å². The molecule has 1 saturated carbocycles. The highest BCUT2D eigenvalue weighted by atomic mass is 32.2. The lowest BCUT2D eigenvalue weighted by Gasteiger charge is -2.19. The van der Waals surface area contributed by atoms with E-state index in [4.69, 9.17) is 0 Å². The number of alkyl halides is 3. The Kier molecular flexibility index (Phi) is 3.18. The van der Waals surface area contributed by atoms with Gasteiger partial charge in [0.25, 0.3) is 0 Å². The van der Waals surface area contributed by atoms with Gasteiger partial charge in [0.1, 0.15) is 0 Å². The summed E-state index contributed by atoms with van der Waals surface area (Å²) in [7, 11) is 0. The van der Waals surface area contributed by atoms with Crippen LogP contribution in [0.1, 0.15) is 25.8 Å². The molecule has 1 aliphatic rings. The molecule has 1 aromatic carbocycles. The van der Waals surface area contributed by atoms with E-state index >= 15 is 0 Å². The van der Waals surface area contributed by atoms with E-state index in [-0.39, 0.29) is 34.1 Å². The normalized spacial score (nSPS) is 26.1. The first-order valence-corrected chi connectivity index (χ1v) is 6.49. The summed E-state index contributed by atoms with van der Waals surface area (Å²) in [6.07, 6.45) is 0.802. The van der Waals surface area contributed by atoms with Crippen molar-refractivity contribution < 1.29 is 18.3 Å². The van der Waals surface area contributed by atoms with E-state index in [0.717, 1.165) is 12.0 Å². The van der Waals surface area contributed by atoms with Crippen LogP contribution in [-0.4, -0.2) is 17.2 Å². The van der Waals surface area contributed by atoms with Gasteiger partial charge in [-0.2, -0.15) is 13.2 Å². The van der Waals surface area contributed by atoms with E-state index in [2.05, 4.69) is 0 Å². The first-order chi connectivity index (χ1) is 8.20. The van der Waals surface area contributed by atoms with Crippen molar-refractivity contribution in [2.75, 3.05) is 6.61 Å². The number of aliphatic hydroxyl groups is 1. The Morgan fingerprint density at radius 2 is 1.94 bits per heavy atom. The van der Waals surface area contributed by atoms with Crippen molar-refractivity contribution in [1.82, 2.24) is 0 Å². The van der Waals surface area contributed by atoms with Crippen molar-refractivity contribution in [2.45, 2.75) is 36.1 Å². The molecule has 1 fully saturated rings. The third-order valence-electron chi connectivity index (χ3n) is 3.80. The molecule has 0 amide bonds. The van der Waals surface area contributed by atoms with Crippen LogP contribution in [0.25, 0.3) is 0 Å². The van der Waals surface area contributed by atoms with Gasteiger partial charge in [0, 0.05) is 10.3 Å². The van der Waals surface area contributed by atoms with Crippen LogP contribution in [-0.2, 0) is 5.41 Å². The maximum atomic E-state index is 12.3. The minimum Gasteiger partial charge on any atom is -0.395 e. The maximum absolute atomic E-state index is 12.3. The molecule has 1 N–H and O–H groups in total. The third kappa shape index (κ3) is 2.38. The lowest BCUT2D eigenvalue weighted by Crippen LogP contribution is -2.19. The van der Waals surface area contributed by atoms with Gasteiger partial charge >= 0.3 is 5.51 Å². The topological polar surface area (TPSA) is 20.2 Å². The second-order valence-electron chi connectivity index (χ2n) is 5.38. The number of hydrogen-bond donors (Lipinski definition) is 1. The van der Waals surface area contributed by atoms with Gasteiger partial charge in [-0.25, -0.2) is 0 Å². The number of halogens is 3. The Bertz CT molecular complexity index is 456. The average Bonchev–Trinajstić information content (AvgIpc) is 2.80. The minimum atomic E-state index is -4.27. The molecule has 18 heavy (non-hydrogen) atoms. The molecule has 1 atom stereocenters. The Hall–Kier alpha value is -0.680. The predicted octanol–water partition coefficient (Wildman–Crippen LogP) is 3.96. The average molecular weight is 276 g/mol. The summed E-state index contributed by atoms with van der Waals surface area (Å²) in [6.45, 7) is 4.01. The van der Waals surface area contributed by atoms with Crippen LogP contribution in [0.15, 0.2) is 29.2 Å². The fourth-order valence-corrected chi connectivity index (χ4v) is 3.15. The second kappa shape index (κ2) is 4.17. The van der Waals surface area contributed by atoms with E-state index in [1.54, 1.807) is 18.2 Å². The molecular weight excluding hydrogens is 261 g/mol. The van der Waals surface area contributed by atoms with Crippen molar-refractivity contribution in [2.24, 2.45) is 5.41 Å². The predicted molar refractivity (Wildman–Crippen MR) is 65.5 cm³/mol. The Morgan fingerprint density at radius 3 is 2.39 bits per heavy atom. The Labute approximate surface area is 108 Å². The number of thioether (sulfide) groups is 1. The van der Waals surface area contributed by atoms with Crippen molar-refractivity contribution in [3.63, 3.8) is 0 Å². The van der Waals surface area contributed by atoms with Crippen LogP contribution >= 0.6 is 11.8 Å². The zero-order valence-electron chi connectivity index (χ0n) is 10.2. The van der Waals surface area contributed by atoms with Crippen LogP contribution in [0.2, 0.25) is 0 Å². The summed E-state index contributed by atoms with van der Waals surface area (Å²) in [5.41, 5.74) is -3.91. The summed E-state index contributed by atoms with van der Waals surface area (Å²) < 4.78 is 37.0. The standard InChI is InChI=1S/C13H15F3OS/c1-11(2)7-12(11,8-17)9-4-3-5-10(6-9)18-13(14,15)16/h3-6,17H,7-8H2,1-2H3. The smallest absolute Gasteiger partial charge is 0.395 e. The lowest BCUT2D eigenvalue weighted by atomic mass is 9.89.